The lowest BCUT2D eigenvalue weighted by molar-refractivity contribution is 0.672. The largest absolute Gasteiger partial charge is 0.454 e. The molecule has 5 nitrogen and oxygen atoms in total. The normalized spacial score (nSPS) is 11.9. The molecule has 268 valence electrons. The van der Waals surface area contributed by atoms with Crippen molar-refractivity contribution in [2.45, 2.75) is 6.92 Å². The van der Waals surface area contributed by atoms with Crippen molar-refractivity contribution in [1.29, 1.82) is 0 Å². The van der Waals surface area contributed by atoms with E-state index in [1.165, 1.54) is 43.7 Å². The highest BCUT2D eigenvalue weighted by Gasteiger charge is 2.18. The van der Waals surface area contributed by atoms with E-state index < -0.39 is 0 Å². The van der Waals surface area contributed by atoms with E-state index in [-0.39, 0.29) is 0 Å². The molecular weight excluding hydrogens is 697 g/mol. The molecule has 0 saturated carbocycles. The highest BCUT2D eigenvalue weighted by atomic mass is 16.3. The van der Waals surface area contributed by atoms with Crippen LogP contribution in [0.2, 0.25) is 0 Å². The van der Waals surface area contributed by atoms with Crippen LogP contribution in [-0.2, 0) is 0 Å². The fourth-order valence-electron chi connectivity index (χ4n) is 9.03. The zero-order chi connectivity index (χ0) is 37.6. The van der Waals surface area contributed by atoms with Gasteiger partial charge in [0, 0.05) is 54.8 Å². The number of hydrogen-bond acceptors (Lipinski definition) is 2. The summed E-state index contributed by atoms with van der Waals surface area (Å²) in [4.78, 5) is 8.81. The Labute approximate surface area is 327 Å². The summed E-state index contributed by atoms with van der Waals surface area (Å²) in [5.74, 6) is 0. The van der Waals surface area contributed by atoms with Crippen molar-refractivity contribution in [2.75, 3.05) is 0 Å². The number of nitrogens with zero attached hydrogens (tertiary/aromatic N) is 3. The highest BCUT2D eigenvalue weighted by molar-refractivity contribution is 6.15. The Kier molecular flexibility index (Phi) is 6.78. The van der Waals surface area contributed by atoms with Gasteiger partial charge in [0.05, 0.1) is 38.6 Å². The van der Waals surface area contributed by atoms with E-state index in [0.29, 0.717) is 0 Å². The molecule has 0 amide bonds. The van der Waals surface area contributed by atoms with Crippen molar-refractivity contribution in [3.63, 3.8) is 0 Å². The molecule has 4 aromatic heterocycles. The first kappa shape index (κ1) is 31.7. The molecule has 0 unspecified atom stereocenters. The number of furan rings is 1. The van der Waals surface area contributed by atoms with Crippen molar-refractivity contribution >= 4 is 87.5 Å². The second-order valence-corrected chi connectivity index (χ2v) is 14.9. The van der Waals surface area contributed by atoms with Crippen molar-refractivity contribution in [2.24, 2.45) is 0 Å². The molecule has 0 bridgehead atoms. The molecule has 0 aliphatic heterocycles. The summed E-state index contributed by atoms with van der Waals surface area (Å²) in [5.41, 5.74) is 14.7. The van der Waals surface area contributed by atoms with Crippen LogP contribution in [0.5, 0.6) is 0 Å². The minimum absolute atomic E-state index is 0.805. The zero-order valence-electron chi connectivity index (χ0n) is 31.1. The van der Waals surface area contributed by atoms with Crippen LogP contribution in [0.3, 0.4) is 0 Å². The number of aromatic amines is 1. The molecule has 0 radical (unpaired) electrons. The van der Waals surface area contributed by atoms with Crippen molar-refractivity contribution in [1.82, 2.24) is 19.1 Å². The molecule has 0 aliphatic rings. The van der Waals surface area contributed by atoms with Crippen LogP contribution in [0.1, 0.15) is 5.69 Å². The third-order valence-corrected chi connectivity index (χ3v) is 11.6. The topological polar surface area (TPSA) is 51.7 Å². The van der Waals surface area contributed by atoms with Crippen molar-refractivity contribution < 1.29 is 4.42 Å². The van der Waals surface area contributed by atoms with Gasteiger partial charge in [-0.3, -0.25) is 4.98 Å². The summed E-state index contributed by atoms with van der Waals surface area (Å²) in [6.07, 6.45) is 0. The first-order valence-corrected chi connectivity index (χ1v) is 19.4. The fourth-order valence-corrected chi connectivity index (χ4v) is 9.03. The van der Waals surface area contributed by atoms with Gasteiger partial charge >= 0.3 is 0 Å². The quantitative estimate of drug-likeness (QED) is 0.197. The van der Waals surface area contributed by atoms with E-state index in [0.717, 1.165) is 72.0 Å². The van der Waals surface area contributed by atoms with Gasteiger partial charge in [0.1, 0.15) is 5.58 Å². The SMILES string of the molecule is Cc1nc2ccccc2[nH]c2c3cc(-n4c5ccccc5c5cc(-c6ccc7c(c6)c6ccccc6n7-c6ccccc6)ccc54)ccc3oc2c2ccccc12. The molecule has 0 aliphatic carbocycles. The van der Waals surface area contributed by atoms with Gasteiger partial charge in [-0.15, -0.1) is 0 Å². The predicted octanol–water partition coefficient (Wildman–Crippen LogP) is 13.9. The summed E-state index contributed by atoms with van der Waals surface area (Å²) in [6.45, 7) is 2.07. The van der Waals surface area contributed by atoms with Crippen LogP contribution < -0.4 is 0 Å². The summed E-state index contributed by atoms with van der Waals surface area (Å²) >= 11 is 0. The van der Waals surface area contributed by atoms with Crippen LogP contribution in [0, 0.1) is 6.92 Å². The third kappa shape index (κ3) is 4.79. The molecule has 0 saturated heterocycles. The molecule has 4 heterocycles. The number of aromatic nitrogens is 4. The number of aryl methyl sites for hydroxylation is 1. The van der Waals surface area contributed by atoms with Crippen molar-refractivity contribution in [3.8, 4) is 22.5 Å². The highest BCUT2D eigenvalue weighted by Crippen LogP contribution is 2.40. The molecule has 8 aromatic carbocycles. The van der Waals surface area contributed by atoms with Crippen LogP contribution >= 0.6 is 0 Å². The van der Waals surface area contributed by atoms with Crippen LogP contribution in [-0.4, -0.2) is 19.1 Å². The first-order chi connectivity index (χ1) is 28.2. The van der Waals surface area contributed by atoms with Gasteiger partial charge in [-0.1, -0.05) is 103 Å². The average Bonchev–Trinajstić information content (AvgIpc) is 3.92. The molecule has 0 atom stereocenters. The minimum atomic E-state index is 0.805. The Morgan fingerprint density at radius 2 is 1.00 bits per heavy atom. The standard InChI is InChI=1S/C52H34N4O/c1-32-37-15-5-6-18-40(37)52-51(54-45-20-10-9-19-44(45)53-32)43-31-36(25-28-50(43)57-52)56-47-22-12-8-17-39(47)42-30-34(24-27-49(42)56)33-23-26-48-41(29-33)38-16-7-11-21-46(38)55(48)35-13-3-2-4-14-35/h2-31,54H,1H3. The molecule has 0 spiro atoms. The van der Waals surface area contributed by atoms with E-state index >= 15 is 0 Å². The number of nitrogens with one attached hydrogen (secondary N) is 1. The monoisotopic (exact) mass is 730 g/mol. The smallest absolute Gasteiger partial charge is 0.159 e. The average molecular weight is 731 g/mol. The molecule has 57 heavy (non-hydrogen) atoms. The molecule has 1 N–H and O–H groups in total. The van der Waals surface area contributed by atoms with Gasteiger partial charge in [0.15, 0.2) is 5.58 Å². The molecule has 5 heteroatoms. The van der Waals surface area contributed by atoms with Gasteiger partial charge < -0.3 is 18.5 Å². The predicted molar refractivity (Wildman–Crippen MR) is 237 cm³/mol. The van der Waals surface area contributed by atoms with Crippen molar-refractivity contribution in [3.05, 3.63) is 188 Å². The second-order valence-electron chi connectivity index (χ2n) is 14.9. The van der Waals surface area contributed by atoms with E-state index in [2.05, 4.69) is 191 Å². The Hall–Kier alpha value is -7.63. The maximum Gasteiger partial charge on any atom is 0.159 e. The fraction of sp³-hybridized carbons (Fsp3) is 0.0192. The number of para-hydroxylation sites is 5. The molecule has 12 aromatic rings. The lowest BCUT2D eigenvalue weighted by atomic mass is 10.0. The molecular formula is C52H34N4O. The minimum Gasteiger partial charge on any atom is -0.454 e. The first-order valence-electron chi connectivity index (χ1n) is 19.4. The van der Waals surface area contributed by atoms with Gasteiger partial charge in [-0.25, -0.2) is 0 Å². The van der Waals surface area contributed by atoms with Gasteiger partial charge in [0.2, 0.25) is 0 Å². The third-order valence-electron chi connectivity index (χ3n) is 11.6. The number of hydrogen-bond donors (Lipinski definition) is 1. The number of H-pyrrole nitrogens is 1. The van der Waals surface area contributed by atoms with Gasteiger partial charge in [-0.05, 0) is 96.9 Å². The van der Waals surface area contributed by atoms with Crippen LogP contribution in [0.25, 0.3) is 110 Å². The maximum atomic E-state index is 6.74. The number of fused-ring (bicyclic) bond motifs is 12. The van der Waals surface area contributed by atoms with Gasteiger partial charge in [-0.2, -0.15) is 0 Å². The van der Waals surface area contributed by atoms with E-state index in [4.69, 9.17) is 9.40 Å². The van der Waals surface area contributed by atoms with E-state index in [1.807, 2.05) is 12.1 Å². The summed E-state index contributed by atoms with van der Waals surface area (Å²) in [6, 6.07) is 65.0. The number of benzene rings is 8. The number of rotatable bonds is 3. The van der Waals surface area contributed by atoms with E-state index in [1.54, 1.807) is 0 Å². The van der Waals surface area contributed by atoms with Gasteiger partial charge in [0.25, 0.3) is 0 Å². The zero-order valence-corrected chi connectivity index (χ0v) is 31.1. The van der Waals surface area contributed by atoms with Crippen LogP contribution in [0.15, 0.2) is 186 Å². The lowest BCUT2D eigenvalue weighted by Crippen LogP contribution is -1.93. The molecule has 12 rings (SSSR count). The Balaban J connectivity index is 1.07. The van der Waals surface area contributed by atoms with E-state index in [9.17, 15) is 0 Å². The summed E-state index contributed by atoms with van der Waals surface area (Å²) < 4.78 is 11.5. The Bertz CT molecular complexity index is 3660. The summed E-state index contributed by atoms with van der Waals surface area (Å²) in [7, 11) is 0. The summed E-state index contributed by atoms with van der Waals surface area (Å²) in [5, 5.41) is 7.99. The molecule has 0 fully saturated rings. The van der Waals surface area contributed by atoms with Crippen LogP contribution in [0.4, 0.5) is 0 Å². The second kappa shape index (κ2) is 12.2. The maximum absolute atomic E-state index is 6.74. The Morgan fingerprint density at radius 3 is 1.70 bits per heavy atom. The Morgan fingerprint density at radius 1 is 0.439 bits per heavy atom. The lowest BCUT2D eigenvalue weighted by Gasteiger charge is -2.09.